The van der Waals surface area contributed by atoms with Gasteiger partial charge in [0.2, 0.25) is 10.0 Å². The van der Waals surface area contributed by atoms with Crippen LogP contribution >= 0.6 is 22.9 Å². The number of benzene rings is 2. The highest BCUT2D eigenvalue weighted by Gasteiger charge is 2.13. The molecule has 0 unspecified atom stereocenters. The molecule has 30 heavy (non-hydrogen) atoms. The van der Waals surface area contributed by atoms with Gasteiger partial charge < -0.3 is 14.0 Å². The highest BCUT2D eigenvalue weighted by Crippen LogP contribution is 2.21. The van der Waals surface area contributed by atoms with Crippen LogP contribution in [0, 0.1) is 0 Å². The second-order valence-electron chi connectivity index (χ2n) is 6.16. The van der Waals surface area contributed by atoms with E-state index in [0.29, 0.717) is 40.0 Å². The minimum atomic E-state index is -3.84. The van der Waals surface area contributed by atoms with Crippen LogP contribution in [0.15, 0.2) is 52.4 Å². The van der Waals surface area contributed by atoms with Crippen molar-refractivity contribution in [2.45, 2.75) is 18.4 Å². The van der Waals surface area contributed by atoms with Crippen LogP contribution in [0.1, 0.15) is 6.92 Å². The van der Waals surface area contributed by atoms with Crippen LogP contribution in [0.4, 0.5) is 0 Å². The van der Waals surface area contributed by atoms with Crippen molar-refractivity contribution in [1.29, 1.82) is 0 Å². The summed E-state index contributed by atoms with van der Waals surface area (Å²) < 4.78 is 36.6. The van der Waals surface area contributed by atoms with Crippen molar-refractivity contribution in [2.24, 2.45) is 10.1 Å². The number of ether oxygens (including phenoxy) is 2. The first-order valence-electron chi connectivity index (χ1n) is 8.98. The van der Waals surface area contributed by atoms with Gasteiger partial charge in [-0.05, 0) is 49.4 Å². The van der Waals surface area contributed by atoms with Crippen molar-refractivity contribution < 1.29 is 22.7 Å². The number of nitrogens with two attached hydrogens (primary N) is 1. The van der Waals surface area contributed by atoms with Gasteiger partial charge in [-0.15, -0.1) is 0 Å². The highest BCUT2D eigenvalue weighted by atomic mass is 35.5. The fourth-order valence-electron chi connectivity index (χ4n) is 2.65. The Hall–Kier alpha value is -2.24. The number of thiazole rings is 1. The molecule has 8 nitrogen and oxygen atoms in total. The first-order valence-corrected chi connectivity index (χ1v) is 11.7. The van der Waals surface area contributed by atoms with Crippen molar-refractivity contribution in [3.8, 4) is 5.75 Å². The largest absolute Gasteiger partial charge is 0.484 e. The van der Waals surface area contributed by atoms with E-state index in [1.54, 1.807) is 30.3 Å². The molecule has 0 aliphatic rings. The maximum Gasteiger partial charge on any atom is 0.286 e. The maximum absolute atomic E-state index is 12.4. The molecule has 160 valence electrons. The van der Waals surface area contributed by atoms with Gasteiger partial charge in [0.05, 0.1) is 21.7 Å². The lowest BCUT2D eigenvalue weighted by Crippen LogP contribution is -2.21. The second-order valence-corrected chi connectivity index (χ2v) is 9.16. The number of nitrogens with zero attached hydrogens (tertiary/aromatic N) is 2. The molecule has 2 aromatic carbocycles. The SMILES string of the molecule is CCOCCn1c(=NC(=O)COc2ccc(Cl)cc2)sc2cc(S(N)(=O)=O)ccc21. The molecule has 11 heteroatoms. The summed E-state index contributed by atoms with van der Waals surface area (Å²) in [6.07, 6.45) is 0. The van der Waals surface area contributed by atoms with E-state index in [1.807, 2.05) is 11.5 Å². The van der Waals surface area contributed by atoms with E-state index in [4.69, 9.17) is 26.2 Å². The van der Waals surface area contributed by atoms with Gasteiger partial charge in [-0.3, -0.25) is 4.79 Å². The van der Waals surface area contributed by atoms with E-state index in [0.717, 1.165) is 5.52 Å². The van der Waals surface area contributed by atoms with E-state index < -0.39 is 15.9 Å². The van der Waals surface area contributed by atoms with Crippen LogP contribution in [0.5, 0.6) is 5.75 Å². The Morgan fingerprint density at radius 1 is 1.23 bits per heavy atom. The average molecular weight is 470 g/mol. The highest BCUT2D eigenvalue weighted by molar-refractivity contribution is 7.89. The third kappa shape index (κ3) is 5.67. The van der Waals surface area contributed by atoms with Crippen LogP contribution in [0.3, 0.4) is 0 Å². The topological polar surface area (TPSA) is 113 Å². The smallest absolute Gasteiger partial charge is 0.286 e. The van der Waals surface area contributed by atoms with Crippen molar-refractivity contribution in [3.05, 3.63) is 52.3 Å². The Labute approximate surface area is 182 Å². The number of rotatable bonds is 8. The summed E-state index contributed by atoms with van der Waals surface area (Å²) in [5.41, 5.74) is 0.734. The molecule has 3 aromatic rings. The number of hydrogen-bond donors (Lipinski definition) is 1. The van der Waals surface area contributed by atoms with Gasteiger partial charge >= 0.3 is 0 Å². The number of aromatic nitrogens is 1. The lowest BCUT2D eigenvalue weighted by molar-refractivity contribution is -0.120. The zero-order chi connectivity index (χ0) is 21.7. The molecule has 0 aliphatic carbocycles. The fraction of sp³-hybridized carbons (Fsp3) is 0.263. The van der Waals surface area contributed by atoms with Crippen LogP contribution in [0.2, 0.25) is 5.02 Å². The lowest BCUT2D eigenvalue weighted by Gasteiger charge is -2.06. The summed E-state index contributed by atoms with van der Waals surface area (Å²) in [4.78, 5) is 16.9. The quantitative estimate of drug-likeness (QED) is 0.509. The summed E-state index contributed by atoms with van der Waals surface area (Å²) in [7, 11) is -3.84. The van der Waals surface area contributed by atoms with Crippen LogP contribution in [-0.4, -0.2) is 38.7 Å². The third-order valence-electron chi connectivity index (χ3n) is 4.04. The standard InChI is InChI=1S/C19H20ClN3O5S2/c1-2-27-10-9-23-16-8-7-15(30(21,25)26)11-17(16)29-19(23)22-18(24)12-28-14-5-3-13(20)4-6-14/h3-8,11H,2,9-10,12H2,1H3,(H2,21,25,26). The monoisotopic (exact) mass is 469 g/mol. The van der Waals surface area contributed by atoms with Gasteiger partial charge in [0, 0.05) is 18.2 Å². The summed E-state index contributed by atoms with van der Waals surface area (Å²) >= 11 is 7.02. The molecule has 0 radical (unpaired) electrons. The minimum Gasteiger partial charge on any atom is -0.484 e. The zero-order valence-corrected chi connectivity index (χ0v) is 18.5. The number of carbonyl (C=O) groups is 1. The van der Waals surface area contributed by atoms with Crippen LogP contribution in [0.25, 0.3) is 10.2 Å². The summed E-state index contributed by atoms with van der Waals surface area (Å²) in [6, 6.07) is 11.2. The molecule has 3 rings (SSSR count). The van der Waals surface area contributed by atoms with Gasteiger partial charge in [-0.2, -0.15) is 4.99 Å². The molecule has 1 heterocycles. The summed E-state index contributed by atoms with van der Waals surface area (Å²) in [6.45, 7) is 3.06. The van der Waals surface area contributed by atoms with Crippen molar-refractivity contribution in [1.82, 2.24) is 4.57 Å². The molecule has 0 atom stereocenters. The molecular weight excluding hydrogens is 450 g/mol. The Bertz CT molecular complexity index is 1220. The fourth-order valence-corrected chi connectivity index (χ4v) is 4.50. The molecular formula is C19H20ClN3O5S2. The first-order chi connectivity index (χ1) is 14.3. The first kappa shape index (κ1) is 22.4. The zero-order valence-electron chi connectivity index (χ0n) is 16.1. The average Bonchev–Trinajstić information content (AvgIpc) is 3.03. The molecule has 0 saturated carbocycles. The Morgan fingerprint density at radius 2 is 1.97 bits per heavy atom. The Morgan fingerprint density at radius 3 is 2.63 bits per heavy atom. The molecule has 1 aromatic heterocycles. The molecule has 0 fully saturated rings. The predicted octanol–water partition coefficient (Wildman–Crippen LogP) is 2.55. The predicted molar refractivity (Wildman–Crippen MR) is 115 cm³/mol. The molecule has 1 amide bonds. The van der Waals surface area contributed by atoms with E-state index in [1.165, 1.54) is 23.5 Å². The Kier molecular flexibility index (Phi) is 7.27. The van der Waals surface area contributed by atoms with Crippen molar-refractivity contribution >= 4 is 49.1 Å². The number of fused-ring (bicyclic) bond motifs is 1. The number of carbonyl (C=O) groups excluding carboxylic acids is 1. The van der Waals surface area contributed by atoms with Gasteiger partial charge in [0.15, 0.2) is 11.4 Å². The molecule has 0 saturated heterocycles. The molecule has 0 spiro atoms. The van der Waals surface area contributed by atoms with Crippen molar-refractivity contribution in [2.75, 3.05) is 19.8 Å². The lowest BCUT2D eigenvalue weighted by atomic mass is 10.3. The number of primary sulfonamides is 1. The maximum atomic E-state index is 12.4. The number of hydrogen-bond acceptors (Lipinski definition) is 6. The summed E-state index contributed by atoms with van der Waals surface area (Å²) in [5, 5.41) is 5.79. The normalized spacial score (nSPS) is 12.4. The van der Waals surface area contributed by atoms with Crippen molar-refractivity contribution in [3.63, 3.8) is 0 Å². The number of sulfonamides is 1. The number of halogens is 1. The molecule has 2 N–H and O–H groups in total. The van der Waals surface area contributed by atoms with E-state index in [-0.39, 0.29) is 11.5 Å². The van der Waals surface area contributed by atoms with Gasteiger partial charge in [0.25, 0.3) is 5.91 Å². The number of amides is 1. The summed E-state index contributed by atoms with van der Waals surface area (Å²) in [5.74, 6) is 0.0228. The van der Waals surface area contributed by atoms with E-state index in [9.17, 15) is 13.2 Å². The molecule has 0 bridgehead atoms. The second kappa shape index (κ2) is 9.71. The van der Waals surface area contributed by atoms with E-state index >= 15 is 0 Å². The van der Waals surface area contributed by atoms with Gasteiger partial charge in [-0.25, -0.2) is 13.6 Å². The van der Waals surface area contributed by atoms with E-state index in [2.05, 4.69) is 4.99 Å². The van der Waals surface area contributed by atoms with Gasteiger partial charge in [0.1, 0.15) is 5.75 Å². The van der Waals surface area contributed by atoms with Crippen LogP contribution in [-0.2, 0) is 26.1 Å². The Balaban J connectivity index is 1.91. The molecule has 0 aliphatic heterocycles. The minimum absolute atomic E-state index is 0.00263. The van der Waals surface area contributed by atoms with Crippen LogP contribution < -0.4 is 14.7 Å². The van der Waals surface area contributed by atoms with Gasteiger partial charge in [-0.1, -0.05) is 22.9 Å². The third-order valence-corrected chi connectivity index (χ3v) is 6.25.